The highest BCUT2D eigenvalue weighted by Gasteiger charge is 2.25. The van der Waals surface area contributed by atoms with Crippen molar-refractivity contribution in [2.24, 2.45) is 5.41 Å². The molecule has 5 heteroatoms. The van der Waals surface area contributed by atoms with E-state index in [9.17, 15) is 4.79 Å². The highest BCUT2D eigenvalue weighted by Crippen LogP contribution is 2.37. The van der Waals surface area contributed by atoms with E-state index in [-0.39, 0.29) is 5.41 Å². The summed E-state index contributed by atoms with van der Waals surface area (Å²) in [7, 11) is 1.70. The van der Waals surface area contributed by atoms with E-state index in [0.29, 0.717) is 31.3 Å². The number of hydrogen-bond donors (Lipinski definition) is 0. The second-order valence-electron chi connectivity index (χ2n) is 8.57. The predicted molar refractivity (Wildman–Crippen MR) is 112 cm³/mol. The summed E-state index contributed by atoms with van der Waals surface area (Å²) in [6.45, 7) is 10.8. The average molecular weight is 393 g/mol. The Morgan fingerprint density at radius 2 is 2.00 bits per heavy atom. The lowest BCUT2D eigenvalue weighted by Crippen LogP contribution is -2.18. The van der Waals surface area contributed by atoms with Crippen LogP contribution < -0.4 is 0 Å². The average Bonchev–Trinajstić information content (AvgIpc) is 2.85. The first-order chi connectivity index (χ1) is 12.7. The molecule has 0 spiro atoms. The normalized spacial score (nSPS) is 14.6. The second-order valence-corrected chi connectivity index (χ2v) is 8.98. The molecule has 0 atom stereocenters. The van der Waals surface area contributed by atoms with Gasteiger partial charge in [-0.15, -0.1) is 0 Å². The number of carbonyl (C=O) groups excluding carboxylic acids is 1. The Morgan fingerprint density at radius 3 is 2.44 bits per heavy atom. The monoisotopic (exact) mass is 392 g/mol. The lowest BCUT2D eigenvalue weighted by Gasteiger charge is -2.29. The van der Waals surface area contributed by atoms with Gasteiger partial charge in [0.25, 0.3) is 0 Å². The highest BCUT2D eigenvalue weighted by molar-refractivity contribution is 6.32. The maximum Gasteiger partial charge on any atom is 0.133 e. The van der Waals surface area contributed by atoms with Gasteiger partial charge < -0.3 is 9.30 Å². The van der Waals surface area contributed by atoms with Crippen molar-refractivity contribution in [3.05, 3.63) is 28.5 Å². The van der Waals surface area contributed by atoms with Crippen LogP contribution >= 0.6 is 11.6 Å². The fourth-order valence-electron chi connectivity index (χ4n) is 3.44. The number of methoxy groups -OCH3 is 1. The SMILES string of the molecule is CCC(=O)CC(C)(C)C.COCc1c(Cl)ccc2nc(C)n(C3CCC3)c12. The summed E-state index contributed by atoms with van der Waals surface area (Å²) in [6.07, 6.45) is 5.18. The van der Waals surface area contributed by atoms with Crippen LogP contribution in [0.2, 0.25) is 5.02 Å². The number of fused-ring (bicyclic) bond motifs is 1. The van der Waals surface area contributed by atoms with Crippen LogP contribution in [-0.4, -0.2) is 22.4 Å². The lowest BCUT2D eigenvalue weighted by atomic mass is 9.89. The third-order valence-corrected chi connectivity index (χ3v) is 5.28. The fourth-order valence-corrected chi connectivity index (χ4v) is 3.65. The molecule has 0 saturated heterocycles. The Balaban J connectivity index is 0.000000249. The zero-order chi connectivity index (χ0) is 20.2. The molecule has 1 heterocycles. The minimum atomic E-state index is 0.174. The van der Waals surface area contributed by atoms with Crippen LogP contribution in [0, 0.1) is 12.3 Å². The molecule has 1 aliphatic rings. The van der Waals surface area contributed by atoms with Crippen molar-refractivity contribution >= 4 is 28.4 Å². The molecule has 0 aliphatic heterocycles. The summed E-state index contributed by atoms with van der Waals surface area (Å²) >= 11 is 6.31. The number of halogens is 1. The van der Waals surface area contributed by atoms with Crippen LogP contribution in [0.15, 0.2) is 12.1 Å². The largest absolute Gasteiger partial charge is 0.380 e. The first-order valence-corrected chi connectivity index (χ1v) is 10.2. The van der Waals surface area contributed by atoms with Gasteiger partial charge in [-0.25, -0.2) is 4.98 Å². The topological polar surface area (TPSA) is 44.1 Å². The van der Waals surface area contributed by atoms with Gasteiger partial charge in [-0.3, -0.25) is 4.79 Å². The quantitative estimate of drug-likeness (QED) is 0.602. The van der Waals surface area contributed by atoms with Crippen LogP contribution in [-0.2, 0) is 16.1 Å². The smallest absolute Gasteiger partial charge is 0.133 e. The van der Waals surface area contributed by atoms with E-state index >= 15 is 0 Å². The molecule has 1 aromatic carbocycles. The highest BCUT2D eigenvalue weighted by atomic mass is 35.5. The Bertz CT molecular complexity index is 786. The summed E-state index contributed by atoms with van der Waals surface area (Å²) in [6, 6.07) is 4.50. The second kappa shape index (κ2) is 9.20. The van der Waals surface area contributed by atoms with E-state index in [1.807, 2.05) is 19.1 Å². The number of aryl methyl sites for hydroxylation is 1. The first-order valence-electron chi connectivity index (χ1n) is 9.84. The number of benzene rings is 1. The van der Waals surface area contributed by atoms with Crippen molar-refractivity contribution in [2.45, 2.75) is 79.4 Å². The standard InChI is InChI=1S/C14H17ClN2O.C8H16O/c1-9-16-13-7-6-12(15)11(8-18-2)14(13)17(9)10-4-3-5-10;1-5-7(9)6-8(2,3)4/h6-7,10H,3-5,8H2,1-2H3;5-6H2,1-4H3. The number of ether oxygens (including phenoxy) is 1. The summed E-state index contributed by atoms with van der Waals surface area (Å²) in [5.41, 5.74) is 3.42. The molecule has 0 radical (unpaired) electrons. The molecule has 0 amide bonds. The number of ketones is 1. The Kier molecular flexibility index (Phi) is 7.47. The molecule has 0 unspecified atom stereocenters. The van der Waals surface area contributed by atoms with Gasteiger partial charge in [0.05, 0.1) is 17.6 Å². The van der Waals surface area contributed by atoms with Gasteiger partial charge in [0.15, 0.2) is 0 Å². The van der Waals surface area contributed by atoms with Gasteiger partial charge in [-0.05, 0) is 43.7 Å². The van der Waals surface area contributed by atoms with Crippen molar-refractivity contribution in [1.29, 1.82) is 0 Å². The van der Waals surface area contributed by atoms with Crippen LogP contribution in [0.1, 0.15) is 77.2 Å². The van der Waals surface area contributed by atoms with Gasteiger partial charge in [-0.1, -0.05) is 39.3 Å². The maximum atomic E-state index is 10.8. The molecule has 1 aromatic heterocycles. The van der Waals surface area contributed by atoms with Crippen molar-refractivity contribution in [3.63, 3.8) is 0 Å². The predicted octanol–water partition coefficient (Wildman–Crippen LogP) is 6.27. The zero-order valence-corrected chi connectivity index (χ0v) is 18.3. The third kappa shape index (κ3) is 5.55. The van der Waals surface area contributed by atoms with Crippen LogP contribution in [0.25, 0.3) is 11.0 Å². The number of hydrogen-bond acceptors (Lipinski definition) is 3. The molecule has 27 heavy (non-hydrogen) atoms. The molecule has 0 N–H and O–H groups in total. The summed E-state index contributed by atoms with van der Waals surface area (Å²) in [5.74, 6) is 1.44. The number of nitrogens with zero attached hydrogens (tertiary/aromatic N) is 2. The molecular weight excluding hydrogens is 360 g/mol. The summed E-state index contributed by atoms with van der Waals surface area (Å²) in [4.78, 5) is 15.5. The molecular formula is C22H33ClN2O2. The summed E-state index contributed by atoms with van der Waals surface area (Å²) < 4.78 is 7.63. The fraction of sp³-hybridized carbons (Fsp3) is 0.636. The number of carbonyl (C=O) groups is 1. The van der Waals surface area contributed by atoms with Gasteiger partial charge in [0.2, 0.25) is 0 Å². The van der Waals surface area contributed by atoms with E-state index < -0.39 is 0 Å². The number of Topliss-reactive ketones (excluding diaryl/α,β-unsaturated/α-hetero) is 1. The van der Waals surface area contributed by atoms with Crippen LogP contribution in [0.3, 0.4) is 0 Å². The van der Waals surface area contributed by atoms with E-state index in [0.717, 1.165) is 27.4 Å². The van der Waals surface area contributed by atoms with Gasteiger partial charge in [-0.2, -0.15) is 0 Å². The molecule has 0 bridgehead atoms. The molecule has 1 aliphatic carbocycles. The van der Waals surface area contributed by atoms with Gasteiger partial charge >= 0.3 is 0 Å². The zero-order valence-electron chi connectivity index (χ0n) is 17.6. The Hall–Kier alpha value is -1.39. The molecule has 2 aromatic rings. The molecule has 4 nitrogen and oxygen atoms in total. The van der Waals surface area contributed by atoms with Crippen molar-refractivity contribution in [2.75, 3.05) is 7.11 Å². The third-order valence-electron chi connectivity index (χ3n) is 4.93. The molecule has 1 saturated carbocycles. The van der Waals surface area contributed by atoms with Gasteiger partial charge in [0.1, 0.15) is 11.6 Å². The maximum absolute atomic E-state index is 10.8. The van der Waals surface area contributed by atoms with E-state index in [2.05, 4.69) is 37.2 Å². The summed E-state index contributed by atoms with van der Waals surface area (Å²) in [5, 5.41) is 0.768. The first kappa shape index (κ1) is 21.9. The van der Waals surface area contributed by atoms with Crippen molar-refractivity contribution < 1.29 is 9.53 Å². The van der Waals surface area contributed by atoms with Gasteiger partial charge in [0, 0.05) is 36.6 Å². The van der Waals surface area contributed by atoms with E-state index in [4.69, 9.17) is 16.3 Å². The van der Waals surface area contributed by atoms with E-state index in [1.54, 1.807) is 7.11 Å². The number of imidazole rings is 1. The Morgan fingerprint density at radius 1 is 1.33 bits per heavy atom. The number of aromatic nitrogens is 2. The van der Waals surface area contributed by atoms with Crippen LogP contribution in [0.5, 0.6) is 0 Å². The minimum absolute atomic E-state index is 0.174. The molecule has 1 fully saturated rings. The van der Waals surface area contributed by atoms with Crippen molar-refractivity contribution in [3.8, 4) is 0 Å². The van der Waals surface area contributed by atoms with Crippen molar-refractivity contribution in [1.82, 2.24) is 9.55 Å². The number of rotatable bonds is 5. The lowest BCUT2D eigenvalue weighted by molar-refractivity contribution is -0.120. The molecule has 3 rings (SSSR count). The van der Waals surface area contributed by atoms with Crippen LogP contribution in [0.4, 0.5) is 0 Å². The Labute approximate surface area is 168 Å². The molecule has 150 valence electrons. The minimum Gasteiger partial charge on any atom is -0.380 e. The van der Waals surface area contributed by atoms with E-state index in [1.165, 1.54) is 19.3 Å².